The summed E-state index contributed by atoms with van der Waals surface area (Å²) in [5.74, 6) is 1.33. The number of hydrogen-bond donors (Lipinski definition) is 4. The lowest BCUT2D eigenvalue weighted by atomic mass is 9.98. The lowest BCUT2D eigenvalue weighted by Crippen LogP contribution is -2.33. The van der Waals surface area contributed by atoms with E-state index in [9.17, 15) is 10.2 Å². The second-order valence-corrected chi connectivity index (χ2v) is 5.53. The third kappa shape index (κ3) is 3.04. The van der Waals surface area contributed by atoms with Crippen LogP contribution in [-0.2, 0) is 0 Å². The number of rotatable bonds is 4. The summed E-state index contributed by atoms with van der Waals surface area (Å²) in [7, 11) is 1.60. The predicted molar refractivity (Wildman–Crippen MR) is 85.7 cm³/mol. The number of hydrogen-bond acceptors (Lipinski definition) is 6. The maximum absolute atomic E-state index is 10.1. The topological polar surface area (TPSA) is 83.0 Å². The molecule has 1 aliphatic rings. The first-order valence-corrected chi connectivity index (χ1v) is 7.42. The van der Waals surface area contributed by atoms with E-state index in [0.29, 0.717) is 17.1 Å². The Morgan fingerprint density at radius 3 is 2.43 bits per heavy atom. The molecular formula is C17H20N2O4. The molecule has 0 radical (unpaired) electrons. The number of phenolic OH excluding ortho intramolecular Hbond substituents is 2. The highest BCUT2D eigenvalue weighted by Gasteiger charge is 2.37. The Labute approximate surface area is 134 Å². The molecular weight excluding hydrogens is 296 g/mol. The van der Waals surface area contributed by atoms with Crippen molar-refractivity contribution in [2.45, 2.75) is 25.1 Å². The zero-order valence-corrected chi connectivity index (χ0v) is 13.0. The quantitative estimate of drug-likeness (QED) is 0.691. The lowest BCUT2D eigenvalue weighted by Gasteiger charge is -2.24. The second kappa shape index (κ2) is 6.36. The van der Waals surface area contributed by atoms with Crippen LogP contribution in [0.15, 0.2) is 42.5 Å². The first-order chi connectivity index (χ1) is 11.1. The molecule has 1 saturated heterocycles. The molecule has 1 fully saturated rings. The number of ether oxygens (including phenoxy) is 2. The van der Waals surface area contributed by atoms with Gasteiger partial charge in [0.05, 0.1) is 19.2 Å². The van der Waals surface area contributed by atoms with Gasteiger partial charge in [-0.1, -0.05) is 12.1 Å². The molecule has 3 unspecified atom stereocenters. The maximum Gasteiger partial charge on any atom is 0.161 e. The second-order valence-electron chi connectivity index (χ2n) is 5.53. The summed E-state index contributed by atoms with van der Waals surface area (Å²) in [5, 5.41) is 19.6. The van der Waals surface area contributed by atoms with Gasteiger partial charge >= 0.3 is 0 Å². The molecule has 122 valence electrons. The van der Waals surface area contributed by atoms with Crippen molar-refractivity contribution < 1.29 is 19.7 Å². The van der Waals surface area contributed by atoms with E-state index in [1.165, 1.54) is 6.07 Å². The van der Waals surface area contributed by atoms with Gasteiger partial charge < -0.3 is 19.7 Å². The number of benzene rings is 2. The fourth-order valence-electron chi connectivity index (χ4n) is 2.76. The van der Waals surface area contributed by atoms with Gasteiger partial charge in [-0.05, 0) is 31.2 Å². The van der Waals surface area contributed by atoms with Gasteiger partial charge in [0, 0.05) is 11.6 Å². The van der Waals surface area contributed by atoms with E-state index in [1.807, 2.05) is 31.2 Å². The van der Waals surface area contributed by atoms with Gasteiger partial charge in [-0.3, -0.25) is 5.43 Å². The molecule has 0 saturated carbocycles. The van der Waals surface area contributed by atoms with Crippen LogP contribution in [0.4, 0.5) is 0 Å². The molecule has 0 amide bonds. The number of para-hydroxylation sites is 2. The average Bonchev–Trinajstić information content (AvgIpc) is 2.89. The van der Waals surface area contributed by atoms with Gasteiger partial charge in [0.15, 0.2) is 11.5 Å². The number of methoxy groups -OCH3 is 1. The Morgan fingerprint density at radius 1 is 1.00 bits per heavy atom. The van der Waals surface area contributed by atoms with Gasteiger partial charge in [-0.15, -0.1) is 0 Å². The highest BCUT2D eigenvalue weighted by molar-refractivity contribution is 5.43. The molecule has 2 aromatic rings. The summed E-state index contributed by atoms with van der Waals surface area (Å²) in [4.78, 5) is 0. The Bertz CT molecular complexity index is 692. The third-order valence-corrected chi connectivity index (χ3v) is 3.97. The monoisotopic (exact) mass is 316 g/mol. The Kier molecular flexibility index (Phi) is 4.27. The molecule has 0 aliphatic carbocycles. The van der Waals surface area contributed by atoms with Gasteiger partial charge in [-0.25, -0.2) is 5.43 Å². The van der Waals surface area contributed by atoms with E-state index in [-0.39, 0.29) is 29.7 Å². The van der Waals surface area contributed by atoms with Crippen molar-refractivity contribution in [3.63, 3.8) is 0 Å². The van der Waals surface area contributed by atoms with Crippen LogP contribution in [0.5, 0.6) is 23.0 Å². The van der Waals surface area contributed by atoms with Gasteiger partial charge in [0.1, 0.15) is 17.6 Å². The van der Waals surface area contributed by atoms with Crippen molar-refractivity contribution in [3.05, 3.63) is 48.0 Å². The number of aromatic hydroxyl groups is 2. The van der Waals surface area contributed by atoms with Gasteiger partial charge in [-0.2, -0.15) is 0 Å². The number of phenols is 2. The van der Waals surface area contributed by atoms with Crippen LogP contribution in [0.2, 0.25) is 0 Å². The first kappa shape index (κ1) is 15.5. The van der Waals surface area contributed by atoms with Crippen molar-refractivity contribution in [2.24, 2.45) is 0 Å². The summed E-state index contributed by atoms with van der Waals surface area (Å²) < 4.78 is 11.5. The minimum Gasteiger partial charge on any atom is -0.508 e. The number of nitrogens with one attached hydrogen (secondary N) is 2. The lowest BCUT2D eigenvalue weighted by molar-refractivity contribution is 0.164. The van der Waals surface area contributed by atoms with Crippen LogP contribution >= 0.6 is 0 Å². The minimum atomic E-state index is -0.268. The largest absolute Gasteiger partial charge is 0.508 e. The Hall–Kier alpha value is -2.44. The SMILES string of the molecule is COc1ccccc1OC1C(C)NNC1c1ccc(O)cc1O. The van der Waals surface area contributed by atoms with Crippen LogP contribution in [0.1, 0.15) is 18.5 Å². The van der Waals surface area contributed by atoms with Crippen LogP contribution in [0.25, 0.3) is 0 Å². The molecule has 0 bridgehead atoms. The fourth-order valence-corrected chi connectivity index (χ4v) is 2.76. The summed E-state index contributed by atoms with van der Waals surface area (Å²) in [5.41, 5.74) is 6.91. The molecule has 3 rings (SSSR count). The van der Waals surface area contributed by atoms with Gasteiger partial charge in [0.25, 0.3) is 0 Å². The average molecular weight is 316 g/mol. The standard InChI is InChI=1S/C17H20N2O4/c1-10-17(23-15-6-4-3-5-14(15)22-2)16(19-18-10)12-8-7-11(20)9-13(12)21/h3-10,16-21H,1-2H3. The van der Waals surface area contributed by atoms with Crippen LogP contribution in [0, 0.1) is 0 Å². The van der Waals surface area contributed by atoms with Crippen molar-refractivity contribution in [3.8, 4) is 23.0 Å². The molecule has 1 aliphatic heterocycles. The zero-order valence-electron chi connectivity index (χ0n) is 13.0. The van der Waals surface area contributed by atoms with E-state index < -0.39 is 0 Å². The van der Waals surface area contributed by atoms with Crippen molar-refractivity contribution in [2.75, 3.05) is 7.11 Å². The van der Waals surface area contributed by atoms with Crippen LogP contribution in [0.3, 0.4) is 0 Å². The van der Waals surface area contributed by atoms with Crippen LogP contribution in [-0.4, -0.2) is 29.5 Å². The molecule has 1 heterocycles. The summed E-state index contributed by atoms with van der Waals surface area (Å²) in [6.07, 6.45) is -0.262. The molecule has 0 spiro atoms. The first-order valence-electron chi connectivity index (χ1n) is 7.42. The predicted octanol–water partition coefficient (Wildman–Crippen LogP) is 2.09. The highest BCUT2D eigenvalue weighted by Crippen LogP contribution is 2.36. The van der Waals surface area contributed by atoms with Gasteiger partial charge in [0.2, 0.25) is 0 Å². The smallest absolute Gasteiger partial charge is 0.161 e. The Morgan fingerprint density at radius 2 is 1.74 bits per heavy atom. The van der Waals surface area contributed by atoms with E-state index in [0.717, 1.165) is 0 Å². The number of hydrazine groups is 1. The molecule has 23 heavy (non-hydrogen) atoms. The summed E-state index contributed by atoms with van der Waals surface area (Å²) >= 11 is 0. The summed E-state index contributed by atoms with van der Waals surface area (Å²) in [6.45, 7) is 1.99. The van der Waals surface area contributed by atoms with E-state index in [1.54, 1.807) is 19.2 Å². The Balaban J connectivity index is 1.89. The molecule has 4 N–H and O–H groups in total. The van der Waals surface area contributed by atoms with Crippen molar-refractivity contribution in [1.29, 1.82) is 0 Å². The maximum atomic E-state index is 10.1. The van der Waals surface area contributed by atoms with E-state index in [2.05, 4.69) is 10.9 Å². The normalized spacial score (nSPS) is 23.7. The minimum absolute atomic E-state index is 0.0121. The fraction of sp³-hybridized carbons (Fsp3) is 0.294. The van der Waals surface area contributed by atoms with E-state index in [4.69, 9.17) is 9.47 Å². The van der Waals surface area contributed by atoms with E-state index >= 15 is 0 Å². The summed E-state index contributed by atoms with van der Waals surface area (Å²) in [6, 6.07) is 11.7. The van der Waals surface area contributed by atoms with Crippen molar-refractivity contribution >= 4 is 0 Å². The molecule has 3 atom stereocenters. The van der Waals surface area contributed by atoms with Crippen molar-refractivity contribution in [1.82, 2.24) is 10.9 Å². The molecule has 6 nitrogen and oxygen atoms in total. The van der Waals surface area contributed by atoms with Crippen LogP contribution < -0.4 is 20.3 Å². The molecule has 2 aromatic carbocycles. The third-order valence-electron chi connectivity index (χ3n) is 3.97. The zero-order chi connectivity index (χ0) is 16.4. The molecule has 6 heteroatoms. The highest BCUT2D eigenvalue weighted by atomic mass is 16.5. The molecule has 0 aromatic heterocycles.